The van der Waals surface area contributed by atoms with Crippen LogP contribution in [0.1, 0.15) is 43.0 Å². The van der Waals surface area contributed by atoms with E-state index in [9.17, 15) is 9.59 Å². The normalized spacial score (nSPS) is 16.6. The zero-order chi connectivity index (χ0) is 30.8. The van der Waals surface area contributed by atoms with E-state index in [0.717, 1.165) is 46.6 Å². The zero-order valence-electron chi connectivity index (χ0n) is 25.2. The lowest BCUT2D eigenvalue weighted by molar-refractivity contribution is 0.0723. The van der Waals surface area contributed by atoms with E-state index < -0.39 is 11.9 Å². The predicted octanol–water partition coefficient (Wildman–Crippen LogP) is 6.58. The van der Waals surface area contributed by atoms with Crippen LogP contribution in [0.15, 0.2) is 72.8 Å². The number of aryl methyl sites for hydroxylation is 4. The Morgan fingerprint density at radius 1 is 0.591 bits per heavy atom. The van der Waals surface area contributed by atoms with Crippen LogP contribution in [0.3, 0.4) is 0 Å². The first-order valence-corrected chi connectivity index (χ1v) is 14.6. The fourth-order valence-corrected chi connectivity index (χ4v) is 4.94. The molecule has 0 radical (unpaired) electrons. The van der Waals surface area contributed by atoms with Crippen LogP contribution in [0, 0.1) is 27.7 Å². The van der Waals surface area contributed by atoms with Crippen LogP contribution in [-0.2, 0) is 9.47 Å². The van der Waals surface area contributed by atoms with Crippen LogP contribution in [0.4, 0.5) is 0 Å². The Kier molecular flexibility index (Phi) is 8.37. The van der Waals surface area contributed by atoms with Gasteiger partial charge >= 0.3 is 11.9 Å². The highest BCUT2D eigenvalue weighted by atomic mass is 16.6. The molecule has 2 heterocycles. The van der Waals surface area contributed by atoms with Gasteiger partial charge in [-0.2, -0.15) is 0 Å². The van der Waals surface area contributed by atoms with Gasteiger partial charge < -0.3 is 28.4 Å². The molecule has 44 heavy (non-hydrogen) atoms. The molecule has 226 valence electrons. The van der Waals surface area contributed by atoms with Crippen molar-refractivity contribution in [1.82, 2.24) is 0 Å². The van der Waals surface area contributed by atoms with Gasteiger partial charge in [0.05, 0.1) is 24.3 Å². The second kappa shape index (κ2) is 12.5. The summed E-state index contributed by atoms with van der Waals surface area (Å²) in [6, 6.07) is 21.8. The Morgan fingerprint density at radius 2 is 0.909 bits per heavy atom. The van der Waals surface area contributed by atoms with Gasteiger partial charge in [-0.05, 0) is 134 Å². The number of epoxide rings is 2. The summed E-state index contributed by atoms with van der Waals surface area (Å²) in [6.45, 7) is 10.1. The first kappa shape index (κ1) is 29.4. The van der Waals surface area contributed by atoms with E-state index in [0.29, 0.717) is 47.3 Å². The fourth-order valence-electron chi connectivity index (χ4n) is 4.94. The summed E-state index contributed by atoms with van der Waals surface area (Å²) in [5.74, 6) is 1.55. The van der Waals surface area contributed by atoms with Gasteiger partial charge in [0.15, 0.2) is 0 Å². The van der Waals surface area contributed by atoms with Gasteiger partial charge in [0, 0.05) is 0 Å². The highest BCUT2D eigenvalue weighted by Gasteiger charge is 2.24. The molecule has 2 unspecified atom stereocenters. The molecular weight excluding hydrogens is 560 g/mol. The molecule has 0 aromatic heterocycles. The van der Waals surface area contributed by atoms with Crippen LogP contribution < -0.4 is 18.9 Å². The molecule has 4 aromatic rings. The Hall–Kier alpha value is -4.66. The van der Waals surface area contributed by atoms with Crippen molar-refractivity contribution in [3.63, 3.8) is 0 Å². The molecule has 2 aliphatic heterocycles. The summed E-state index contributed by atoms with van der Waals surface area (Å²) in [7, 11) is 0. The summed E-state index contributed by atoms with van der Waals surface area (Å²) < 4.78 is 33.2. The van der Waals surface area contributed by atoms with Crippen molar-refractivity contribution < 1.29 is 38.0 Å². The molecule has 2 aliphatic rings. The van der Waals surface area contributed by atoms with Gasteiger partial charge in [-0.15, -0.1) is 0 Å². The smallest absolute Gasteiger partial charge is 0.343 e. The number of hydrogen-bond donors (Lipinski definition) is 0. The van der Waals surface area contributed by atoms with Crippen molar-refractivity contribution in [1.29, 1.82) is 0 Å². The molecule has 8 heteroatoms. The molecular formula is C36H34O8. The molecule has 0 saturated carbocycles. The number of esters is 2. The molecule has 0 spiro atoms. The monoisotopic (exact) mass is 594 g/mol. The van der Waals surface area contributed by atoms with E-state index in [1.807, 2.05) is 52.0 Å². The molecule has 4 aromatic carbocycles. The maximum atomic E-state index is 12.9. The van der Waals surface area contributed by atoms with E-state index in [1.54, 1.807) is 48.5 Å². The summed E-state index contributed by atoms with van der Waals surface area (Å²) in [6.07, 6.45) is 0.332. The first-order chi connectivity index (χ1) is 21.2. The summed E-state index contributed by atoms with van der Waals surface area (Å²) in [4.78, 5) is 25.8. The van der Waals surface area contributed by atoms with Crippen molar-refractivity contribution in [3.8, 4) is 34.1 Å². The molecule has 0 aliphatic carbocycles. The molecule has 2 fully saturated rings. The molecule has 0 amide bonds. The largest absolute Gasteiger partial charge is 0.491 e. The number of rotatable bonds is 11. The third-order valence-electron chi connectivity index (χ3n) is 7.50. The Bertz CT molecular complexity index is 1510. The highest BCUT2D eigenvalue weighted by Crippen LogP contribution is 2.35. The van der Waals surface area contributed by atoms with Crippen molar-refractivity contribution in [3.05, 3.63) is 106 Å². The maximum Gasteiger partial charge on any atom is 0.343 e. The SMILES string of the molecule is Cc1cc(-c2cc(C)c(OC(=O)c3ccc(OCC4CO4)cc3)c(C)c2)cc(C)c1OC(=O)c1ccc(OCC2CO2)cc1. The van der Waals surface area contributed by atoms with E-state index in [2.05, 4.69) is 0 Å². The van der Waals surface area contributed by atoms with Crippen molar-refractivity contribution in [2.24, 2.45) is 0 Å². The number of carbonyl (C=O) groups excluding carboxylic acids is 2. The van der Waals surface area contributed by atoms with Gasteiger partial charge in [0.25, 0.3) is 0 Å². The standard InChI is InChI=1S/C36H34O8/c1-21-13-27(14-22(2)33(21)43-35(37)25-5-9-29(10-6-25)39-17-31-19-41-31)28-15-23(3)34(24(4)16-28)44-36(38)26-7-11-30(12-8-26)40-18-32-20-42-32/h5-16,31-32H,17-20H2,1-4H3. The van der Waals surface area contributed by atoms with Gasteiger partial charge in [-0.1, -0.05) is 0 Å². The van der Waals surface area contributed by atoms with E-state index in [-0.39, 0.29) is 12.2 Å². The van der Waals surface area contributed by atoms with Crippen LogP contribution in [-0.4, -0.2) is 50.6 Å². The van der Waals surface area contributed by atoms with Crippen molar-refractivity contribution in [2.75, 3.05) is 26.4 Å². The lowest BCUT2D eigenvalue weighted by Gasteiger charge is -2.16. The Balaban J connectivity index is 1.12. The molecule has 0 N–H and O–H groups in total. The van der Waals surface area contributed by atoms with E-state index in [4.69, 9.17) is 28.4 Å². The average molecular weight is 595 g/mol. The van der Waals surface area contributed by atoms with Gasteiger partial charge in [0.1, 0.15) is 48.4 Å². The molecule has 6 rings (SSSR count). The van der Waals surface area contributed by atoms with Crippen molar-refractivity contribution >= 4 is 11.9 Å². The maximum absolute atomic E-state index is 12.9. The zero-order valence-corrected chi connectivity index (χ0v) is 25.2. The van der Waals surface area contributed by atoms with Crippen LogP contribution in [0.5, 0.6) is 23.0 Å². The third kappa shape index (κ3) is 7.10. The number of ether oxygens (including phenoxy) is 6. The van der Waals surface area contributed by atoms with Crippen LogP contribution in [0.25, 0.3) is 11.1 Å². The molecule has 2 saturated heterocycles. The second-order valence-electron chi connectivity index (χ2n) is 11.2. The minimum absolute atomic E-state index is 0.166. The number of hydrogen-bond acceptors (Lipinski definition) is 8. The quantitative estimate of drug-likeness (QED) is 0.109. The van der Waals surface area contributed by atoms with Gasteiger partial charge in [-0.3, -0.25) is 0 Å². The Morgan fingerprint density at radius 3 is 1.20 bits per heavy atom. The molecule has 8 nitrogen and oxygen atoms in total. The average Bonchev–Trinajstić information content (AvgIpc) is 3.95. The minimum atomic E-state index is -0.436. The lowest BCUT2D eigenvalue weighted by Crippen LogP contribution is -2.11. The number of carbonyl (C=O) groups is 2. The fraction of sp³-hybridized carbons (Fsp3) is 0.278. The Labute approximate surface area is 256 Å². The molecule has 2 atom stereocenters. The minimum Gasteiger partial charge on any atom is -0.491 e. The number of benzene rings is 4. The van der Waals surface area contributed by atoms with Gasteiger partial charge in [0.2, 0.25) is 0 Å². The van der Waals surface area contributed by atoms with Crippen molar-refractivity contribution in [2.45, 2.75) is 39.9 Å². The van der Waals surface area contributed by atoms with Crippen LogP contribution in [0.2, 0.25) is 0 Å². The highest BCUT2D eigenvalue weighted by molar-refractivity contribution is 5.92. The molecule has 0 bridgehead atoms. The summed E-state index contributed by atoms with van der Waals surface area (Å²) >= 11 is 0. The van der Waals surface area contributed by atoms with Gasteiger partial charge in [-0.25, -0.2) is 9.59 Å². The first-order valence-electron chi connectivity index (χ1n) is 14.6. The predicted molar refractivity (Wildman–Crippen MR) is 164 cm³/mol. The second-order valence-corrected chi connectivity index (χ2v) is 11.2. The van der Waals surface area contributed by atoms with Crippen LogP contribution >= 0.6 is 0 Å². The summed E-state index contributed by atoms with van der Waals surface area (Å²) in [5.41, 5.74) is 6.15. The third-order valence-corrected chi connectivity index (χ3v) is 7.50. The lowest BCUT2D eigenvalue weighted by atomic mass is 9.96. The van der Waals surface area contributed by atoms with E-state index in [1.165, 1.54) is 0 Å². The summed E-state index contributed by atoms with van der Waals surface area (Å²) in [5, 5.41) is 0. The van der Waals surface area contributed by atoms with E-state index >= 15 is 0 Å². The topological polar surface area (TPSA) is 96.1 Å².